The molecule has 0 N–H and O–H groups in total. The van der Waals surface area contributed by atoms with Gasteiger partial charge in [0.05, 0.1) is 0 Å². The van der Waals surface area contributed by atoms with Gasteiger partial charge in [0.1, 0.15) is 0 Å². The van der Waals surface area contributed by atoms with E-state index in [9.17, 15) is 0 Å². The van der Waals surface area contributed by atoms with E-state index < -0.39 is 0 Å². The molecule has 0 aliphatic carbocycles. The fraction of sp³-hybridized carbons (Fsp3) is 1.00. The van der Waals surface area contributed by atoms with E-state index in [1.165, 1.54) is 0 Å². The smallest absolute Gasteiger partial charge is 0.414 e. The number of hydrogen-bond donors (Lipinski definition) is 1. The first-order valence-electron chi connectivity index (χ1n) is 3.51. The van der Waals surface area contributed by atoms with E-state index in [4.69, 9.17) is 9.31 Å². The van der Waals surface area contributed by atoms with Crippen molar-refractivity contribution in [1.82, 2.24) is 0 Å². The summed E-state index contributed by atoms with van der Waals surface area (Å²) < 4.78 is 10.00. The average Bonchev–Trinajstić information content (AvgIpc) is 1.99. The highest BCUT2D eigenvalue weighted by atomic mass is 32.1. The predicted octanol–water partition coefficient (Wildman–Crippen LogP) is 1.48. The summed E-state index contributed by atoms with van der Waals surface area (Å²) in [6.07, 6.45) is 3.22. The Kier molecular flexibility index (Phi) is 7.69. The number of hydrogen-bond acceptors (Lipinski definition) is 3. The Morgan fingerprint density at radius 1 is 1.20 bits per heavy atom. The molecule has 4 heteroatoms. The predicted molar refractivity (Wildman–Crippen MR) is 47.7 cm³/mol. The van der Waals surface area contributed by atoms with E-state index in [1.807, 2.05) is 0 Å². The van der Waals surface area contributed by atoms with Crippen molar-refractivity contribution in [2.45, 2.75) is 19.2 Å². The molecule has 0 amide bonds. The molecule has 0 bridgehead atoms. The van der Waals surface area contributed by atoms with Crippen molar-refractivity contribution in [3.8, 4) is 0 Å². The fourth-order valence-electron chi connectivity index (χ4n) is 0.755. The molecule has 0 aromatic rings. The first kappa shape index (κ1) is 10.3. The van der Waals surface area contributed by atoms with Gasteiger partial charge in [-0.2, -0.15) is 12.6 Å². The molecule has 0 aromatic carbocycles. The quantitative estimate of drug-likeness (QED) is 0.362. The summed E-state index contributed by atoms with van der Waals surface area (Å²) in [5.41, 5.74) is 0. The van der Waals surface area contributed by atoms with Gasteiger partial charge in [-0.15, -0.1) is 0 Å². The molecule has 0 atom stereocenters. The van der Waals surface area contributed by atoms with Gasteiger partial charge in [0.2, 0.25) is 0 Å². The third-order valence-corrected chi connectivity index (χ3v) is 1.69. The van der Waals surface area contributed by atoms with E-state index in [-0.39, 0.29) is 7.12 Å². The molecular formula is C6H15BO2S. The van der Waals surface area contributed by atoms with Gasteiger partial charge in [0.25, 0.3) is 0 Å². The van der Waals surface area contributed by atoms with E-state index in [2.05, 4.69) is 12.6 Å². The van der Waals surface area contributed by atoms with E-state index in [0.29, 0.717) is 0 Å². The van der Waals surface area contributed by atoms with Gasteiger partial charge in [-0.25, -0.2) is 0 Å². The first-order valence-corrected chi connectivity index (χ1v) is 4.14. The van der Waals surface area contributed by atoms with Crippen LogP contribution in [0.5, 0.6) is 0 Å². The minimum atomic E-state index is -0.0279. The molecule has 0 saturated carbocycles. The van der Waals surface area contributed by atoms with Gasteiger partial charge in [-0.1, -0.05) is 6.42 Å². The van der Waals surface area contributed by atoms with Crippen molar-refractivity contribution in [1.29, 1.82) is 0 Å². The molecule has 0 spiro atoms. The normalized spacial score (nSPS) is 9.90. The average molecular weight is 162 g/mol. The van der Waals surface area contributed by atoms with Crippen molar-refractivity contribution in [2.24, 2.45) is 0 Å². The summed E-state index contributed by atoms with van der Waals surface area (Å²) in [7, 11) is 3.30. The monoisotopic (exact) mass is 162 g/mol. The Hall–Kier alpha value is 0.335. The Bertz CT molecular complexity index is 68.8. The van der Waals surface area contributed by atoms with E-state index in [0.717, 1.165) is 24.9 Å². The maximum absolute atomic E-state index is 5.00. The van der Waals surface area contributed by atoms with Crippen LogP contribution in [0.4, 0.5) is 0 Å². The van der Waals surface area contributed by atoms with Crippen LogP contribution < -0.4 is 0 Å². The third-order valence-electron chi connectivity index (χ3n) is 1.37. The molecule has 0 rings (SSSR count). The molecule has 60 valence electrons. The second-order valence-corrected chi connectivity index (χ2v) is 2.57. The zero-order chi connectivity index (χ0) is 7.82. The zero-order valence-corrected chi connectivity index (χ0v) is 7.56. The van der Waals surface area contributed by atoms with Crippen molar-refractivity contribution >= 4 is 19.7 Å². The largest absolute Gasteiger partial charge is 0.456 e. The summed E-state index contributed by atoms with van der Waals surface area (Å²) in [5, 5.41) is 0. The first-order chi connectivity index (χ1) is 4.85. The van der Waals surface area contributed by atoms with Gasteiger partial charge in [0, 0.05) is 14.2 Å². The van der Waals surface area contributed by atoms with Crippen molar-refractivity contribution in [3.63, 3.8) is 0 Å². The number of thiol groups is 1. The van der Waals surface area contributed by atoms with Crippen molar-refractivity contribution in [2.75, 3.05) is 20.0 Å². The van der Waals surface area contributed by atoms with Crippen LogP contribution in [-0.4, -0.2) is 27.1 Å². The fourth-order valence-corrected chi connectivity index (χ4v) is 0.978. The van der Waals surface area contributed by atoms with Crippen LogP contribution in [0.2, 0.25) is 6.32 Å². The van der Waals surface area contributed by atoms with Crippen molar-refractivity contribution < 1.29 is 9.31 Å². The molecule has 10 heavy (non-hydrogen) atoms. The molecule has 0 heterocycles. The lowest BCUT2D eigenvalue weighted by atomic mass is 9.82. The molecule has 0 saturated heterocycles. The molecular weight excluding hydrogens is 147 g/mol. The molecule has 0 radical (unpaired) electrons. The van der Waals surface area contributed by atoms with Crippen LogP contribution in [0.1, 0.15) is 12.8 Å². The maximum Gasteiger partial charge on any atom is 0.456 e. The van der Waals surface area contributed by atoms with Crippen LogP contribution in [-0.2, 0) is 9.31 Å². The second-order valence-electron chi connectivity index (χ2n) is 2.12. The van der Waals surface area contributed by atoms with Crippen LogP contribution in [0, 0.1) is 0 Å². The maximum atomic E-state index is 5.00. The summed E-state index contributed by atoms with van der Waals surface area (Å²) in [4.78, 5) is 0. The van der Waals surface area contributed by atoms with Crippen LogP contribution in [0.15, 0.2) is 0 Å². The minimum absolute atomic E-state index is 0.0279. The number of rotatable bonds is 6. The van der Waals surface area contributed by atoms with Gasteiger partial charge >= 0.3 is 7.12 Å². The Morgan fingerprint density at radius 3 is 2.20 bits per heavy atom. The topological polar surface area (TPSA) is 18.5 Å². The molecule has 0 aromatic heterocycles. The molecule has 0 aliphatic rings. The van der Waals surface area contributed by atoms with Crippen LogP contribution in [0.25, 0.3) is 0 Å². The van der Waals surface area contributed by atoms with Crippen molar-refractivity contribution in [3.05, 3.63) is 0 Å². The molecule has 0 aliphatic heterocycles. The zero-order valence-electron chi connectivity index (χ0n) is 6.67. The summed E-state index contributed by atoms with van der Waals surface area (Å²) in [5.74, 6) is 0.945. The van der Waals surface area contributed by atoms with Crippen LogP contribution >= 0.6 is 12.6 Å². The van der Waals surface area contributed by atoms with Gasteiger partial charge in [-0.05, 0) is 18.5 Å². The molecule has 0 unspecified atom stereocenters. The third kappa shape index (κ3) is 5.15. The van der Waals surface area contributed by atoms with E-state index in [1.54, 1.807) is 14.2 Å². The summed E-state index contributed by atoms with van der Waals surface area (Å²) in [6, 6.07) is 0. The second kappa shape index (κ2) is 7.44. The van der Waals surface area contributed by atoms with Crippen LogP contribution in [0.3, 0.4) is 0 Å². The Labute approximate surface area is 68.8 Å². The minimum Gasteiger partial charge on any atom is -0.414 e. The lowest BCUT2D eigenvalue weighted by Crippen LogP contribution is -2.18. The lowest BCUT2D eigenvalue weighted by molar-refractivity contribution is 0.276. The highest BCUT2D eigenvalue weighted by molar-refractivity contribution is 7.80. The highest BCUT2D eigenvalue weighted by Gasteiger charge is 2.12. The highest BCUT2D eigenvalue weighted by Crippen LogP contribution is 2.02. The van der Waals surface area contributed by atoms with Gasteiger partial charge < -0.3 is 9.31 Å². The SMILES string of the molecule is COB(CCCCS)OC. The summed E-state index contributed by atoms with van der Waals surface area (Å²) >= 11 is 4.10. The Balaban J connectivity index is 3.09. The molecule has 0 fully saturated rings. The van der Waals surface area contributed by atoms with Gasteiger partial charge in [0.15, 0.2) is 0 Å². The number of unbranched alkanes of at least 4 members (excludes halogenated alkanes) is 1. The lowest BCUT2D eigenvalue weighted by Gasteiger charge is -2.06. The van der Waals surface area contributed by atoms with Gasteiger partial charge in [-0.3, -0.25) is 0 Å². The Morgan fingerprint density at radius 2 is 1.80 bits per heavy atom. The summed E-state index contributed by atoms with van der Waals surface area (Å²) in [6.45, 7) is 0. The molecule has 2 nitrogen and oxygen atoms in total. The standard InChI is InChI=1S/C6H15BO2S/c1-8-7(9-2)5-3-4-6-10/h10H,3-6H2,1-2H3. The van der Waals surface area contributed by atoms with E-state index >= 15 is 0 Å².